The van der Waals surface area contributed by atoms with E-state index in [1.807, 2.05) is 18.2 Å². The summed E-state index contributed by atoms with van der Waals surface area (Å²) < 4.78 is 0. The molecule has 2 aromatic carbocycles. The first-order chi connectivity index (χ1) is 8.66. The summed E-state index contributed by atoms with van der Waals surface area (Å²) in [6.45, 7) is 4.40. The summed E-state index contributed by atoms with van der Waals surface area (Å²) in [6, 6.07) is 14.6. The third kappa shape index (κ3) is 1.61. The molecule has 2 nitrogen and oxygen atoms in total. The van der Waals surface area contributed by atoms with Gasteiger partial charge in [0.2, 0.25) is 0 Å². The van der Waals surface area contributed by atoms with Crippen LogP contribution in [0.4, 0.5) is 5.82 Å². The van der Waals surface area contributed by atoms with E-state index in [1.165, 1.54) is 16.3 Å². The molecule has 90 valence electrons. The van der Waals surface area contributed by atoms with Gasteiger partial charge in [-0.2, -0.15) is 0 Å². The summed E-state index contributed by atoms with van der Waals surface area (Å²) in [5.41, 5.74) is 8.31. The molecule has 0 spiro atoms. The van der Waals surface area contributed by atoms with Gasteiger partial charge < -0.3 is 5.73 Å². The van der Waals surface area contributed by atoms with Gasteiger partial charge in [-0.1, -0.05) is 44.2 Å². The van der Waals surface area contributed by atoms with Gasteiger partial charge >= 0.3 is 0 Å². The Morgan fingerprint density at radius 3 is 2.39 bits per heavy atom. The summed E-state index contributed by atoms with van der Waals surface area (Å²) in [7, 11) is 0. The number of nitrogens with zero attached hydrogens (tertiary/aromatic N) is 1. The second kappa shape index (κ2) is 3.98. The number of benzene rings is 2. The standard InChI is InChI=1S/C16H16N2/c1-10(2)11-7-8-15-14(9-11)12-5-3-4-6-13(12)16(17)18-15/h3-10H,1-2H3,(H2,17,18). The van der Waals surface area contributed by atoms with Crippen LogP contribution in [0.25, 0.3) is 21.7 Å². The number of hydrogen-bond donors (Lipinski definition) is 1. The number of anilines is 1. The number of rotatable bonds is 1. The van der Waals surface area contributed by atoms with Crippen LogP contribution in [-0.2, 0) is 0 Å². The van der Waals surface area contributed by atoms with E-state index in [2.05, 4.69) is 43.1 Å². The van der Waals surface area contributed by atoms with Gasteiger partial charge in [0.25, 0.3) is 0 Å². The third-order valence-corrected chi connectivity index (χ3v) is 3.42. The molecule has 0 bridgehead atoms. The van der Waals surface area contributed by atoms with Gasteiger partial charge in [0, 0.05) is 10.8 Å². The van der Waals surface area contributed by atoms with Crippen molar-refractivity contribution in [2.24, 2.45) is 0 Å². The van der Waals surface area contributed by atoms with Crippen molar-refractivity contribution in [3.8, 4) is 0 Å². The lowest BCUT2D eigenvalue weighted by molar-refractivity contribution is 0.869. The topological polar surface area (TPSA) is 38.9 Å². The molecule has 0 saturated carbocycles. The van der Waals surface area contributed by atoms with Crippen LogP contribution in [-0.4, -0.2) is 4.98 Å². The molecule has 1 aromatic heterocycles. The van der Waals surface area contributed by atoms with Gasteiger partial charge in [-0.3, -0.25) is 0 Å². The van der Waals surface area contributed by atoms with Crippen LogP contribution >= 0.6 is 0 Å². The molecule has 3 rings (SSSR count). The number of nitrogen functional groups attached to an aromatic ring is 1. The highest BCUT2D eigenvalue weighted by molar-refractivity contribution is 6.09. The zero-order chi connectivity index (χ0) is 12.7. The van der Waals surface area contributed by atoms with Crippen molar-refractivity contribution in [3.05, 3.63) is 48.0 Å². The summed E-state index contributed by atoms with van der Waals surface area (Å²) in [5, 5.41) is 3.40. The molecule has 2 heteroatoms. The fourth-order valence-corrected chi connectivity index (χ4v) is 2.36. The Hall–Kier alpha value is -2.09. The predicted octanol–water partition coefficient (Wildman–Crippen LogP) is 4.09. The van der Waals surface area contributed by atoms with Gasteiger partial charge in [0.1, 0.15) is 5.82 Å². The molecular weight excluding hydrogens is 220 g/mol. The molecule has 0 aliphatic carbocycles. The third-order valence-electron chi connectivity index (χ3n) is 3.42. The van der Waals surface area contributed by atoms with Crippen LogP contribution in [0.5, 0.6) is 0 Å². The van der Waals surface area contributed by atoms with Gasteiger partial charge in [-0.05, 0) is 29.0 Å². The predicted molar refractivity (Wildman–Crippen MR) is 77.8 cm³/mol. The molecular formula is C16H16N2. The molecule has 0 aliphatic rings. The van der Waals surface area contributed by atoms with E-state index < -0.39 is 0 Å². The lowest BCUT2D eigenvalue weighted by atomic mass is 9.98. The van der Waals surface area contributed by atoms with E-state index in [9.17, 15) is 0 Å². The molecule has 0 saturated heterocycles. The fraction of sp³-hybridized carbons (Fsp3) is 0.188. The summed E-state index contributed by atoms with van der Waals surface area (Å²) in [4.78, 5) is 4.48. The monoisotopic (exact) mass is 236 g/mol. The number of pyridine rings is 1. The number of fused-ring (bicyclic) bond motifs is 3. The van der Waals surface area contributed by atoms with E-state index in [-0.39, 0.29) is 0 Å². The molecule has 3 aromatic rings. The van der Waals surface area contributed by atoms with Gasteiger partial charge in [0.15, 0.2) is 0 Å². The lowest BCUT2D eigenvalue weighted by Gasteiger charge is -2.10. The maximum atomic E-state index is 6.01. The first-order valence-electron chi connectivity index (χ1n) is 6.24. The van der Waals surface area contributed by atoms with E-state index in [1.54, 1.807) is 0 Å². The Morgan fingerprint density at radius 1 is 0.944 bits per heavy atom. The first-order valence-corrected chi connectivity index (χ1v) is 6.24. The fourth-order valence-electron chi connectivity index (χ4n) is 2.36. The van der Waals surface area contributed by atoms with E-state index in [0.717, 1.165) is 10.9 Å². The molecule has 0 aliphatic heterocycles. The van der Waals surface area contributed by atoms with Crippen LogP contribution in [0.3, 0.4) is 0 Å². The molecule has 0 amide bonds. The van der Waals surface area contributed by atoms with Crippen molar-refractivity contribution < 1.29 is 0 Å². The second-order valence-corrected chi connectivity index (χ2v) is 4.97. The van der Waals surface area contributed by atoms with Crippen molar-refractivity contribution in [3.63, 3.8) is 0 Å². The van der Waals surface area contributed by atoms with Crippen LogP contribution in [0.2, 0.25) is 0 Å². The first kappa shape index (κ1) is 11.0. The molecule has 1 heterocycles. The largest absolute Gasteiger partial charge is 0.383 e. The minimum atomic E-state index is 0.519. The minimum Gasteiger partial charge on any atom is -0.383 e. The van der Waals surface area contributed by atoms with Crippen molar-refractivity contribution in [2.75, 3.05) is 5.73 Å². The molecule has 0 atom stereocenters. The Kier molecular flexibility index (Phi) is 2.44. The molecule has 0 radical (unpaired) electrons. The zero-order valence-corrected chi connectivity index (χ0v) is 10.6. The Bertz CT molecular complexity index is 730. The van der Waals surface area contributed by atoms with Gasteiger partial charge in [0.05, 0.1) is 5.52 Å². The highest BCUT2D eigenvalue weighted by Gasteiger charge is 2.07. The van der Waals surface area contributed by atoms with Crippen LogP contribution < -0.4 is 5.73 Å². The lowest BCUT2D eigenvalue weighted by Crippen LogP contribution is -1.94. The Labute approximate surface area is 106 Å². The minimum absolute atomic E-state index is 0.519. The number of hydrogen-bond acceptors (Lipinski definition) is 2. The van der Waals surface area contributed by atoms with E-state index in [4.69, 9.17) is 5.73 Å². The van der Waals surface area contributed by atoms with E-state index in [0.29, 0.717) is 11.7 Å². The molecule has 0 unspecified atom stereocenters. The van der Waals surface area contributed by atoms with Gasteiger partial charge in [-0.15, -0.1) is 0 Å². The van der Waals surface area contributed by atoms with Crippen molar-refractivity contribution in [2.45, 2.75) is 19.8 Å². The molecule has 0 fully saturated rings. The summed E-state index contributed by atoms with van der Waals surface area (Å²) >= 11 is 0. The molecule has 2 N–H and O–H groups in total. The summed E-state index contributed by atoms with van der Waals surface area (Å²) in [6.07, 6.45) is 0. The zero-order valence-electron chi connectivity index (χ0n) is 10.6. The normalized spacial score (nSPS) is 11.5. The van der Waals surface area contributed by atoms with Crippen molar-refractivity contribution in [1.82, 2.24) is 4.98 Å². The smallest absolute Gasteiger partial charge is 0.131 e. The quantitative estimate of drug-likeness (QED) is 0.646. The number of aromatic nitrogens is 1. The Balaban J connectivity index is 2.46. The average Bonchev–Trinajstić information content (AvgIpc) is 2.38. The van der Waals surface area contributed by atoms with Crippen molar-refractivity contribution in [1.29, 1.82) is 0 Å². The molecule has 18 heavy (non-hydrogen) atoms. The van der Waals surface area contributed by atoms with E-state index >= 15 is 0 Å². The van der Waals surface area contributed by atoms with Crippen molar-refractivity contribution >= 4 is 27.5 Å². The summed E-state index contributed by atoms with van der Waals surface area (Å²) in [5.74, 6) is 1.13. The highest BCUT2D eigenvalue weighted by Crippen LogP contribution is 2.29. The highest BCUT2D eigenvalue weighted by atomic mass is 14.8. The Morgan fingerprint density at radius 2 is 1.67 bits per heavy atom. The second-order valence-electron chi connectivity index (χ2n) is 4.97. The maximum Gasteiger partial charge on any atom is 0.131 e. The van der Waals surface area contributed by atoms with Crippen LogP contribution in [0, 0.1) is 0 Å². The van der Waals surface area contributed by atoms with Gasteiger partial charge in [-0.25, -0.2) is 4.98 Å². The SMILES string of the molecule is CC(C)c1ccc2nc(N)c3ccccc3c2c1. The number of nitrogens with two attached hydrogens (primary N) is 1. The van der Waals surface area contributed by atoms with Crippen LogP contribution in [0.1, 0.15) is 25.3 Å². The van der Waals surface area contributed by atoms with Crippen LogP contribution in [0.15, 0.2) is 42.5 Å². The maximum absolute atomic E-state index is 6.01. The average molecular weight is 236 g/mol.